The van der Waals surface area contributed by atoms with Crippen molar-refractivity contribution in [1.29, 1.82) is 0 Å². The number of benzene rings is 2. The lowest BCUT2D eigenvalue weighted by Gasteiger charge is -2.23. The number of esters is 1. The second-order valence-corrected chi connectivity index (χ2v) is 5.32. The first-order chi connectivity index (χ1) is 11.8. The van der Waals surface area contributed by atoms with Gasteiger partial charge in [0, 0.05) is 12.1 Å². The van der Waals surface area contributed by atoms with E-state index in [0.29, 0.717) is 11.1 Å². The molecule has 1 heterocycles. The van der Waals surface area contributed by atoms with Gasteiger partial charge in [0.05, 0.1) is 5.56 Å². The highest BCUT2D eigenvalue weighted by Crippen LogP contribution is 2.25. The number of hydrogen-bond acceptors (Lipinski definition) is 4. The van der Waals surface area contributed by atoms with Crippen LogP contribution in [0.3, 0.4) is 0 Å². The quantitative estimate of drug-likeness (QED) is 0.862. The normalized spacial score (nSPS) is 16.6. The zero-order valence-corrected chi connectivity index (χ0v) is 12.7. The van der Waals surface area contributed by atoms with E-state index >= 15 is 0 Å². The number of ether oxygens (including phenoxy) is 2. The van der Waals surface area contributed by atoms with Crippen molar-refractivity contribution in [2.45, 2.75) is 18.9 Å². The second-order valence-electron chi connectivity index (χ2n) is 5.32. The van der Waals surface area contributed by atoms with Crippen LogP contribution >= 0.6 is 0 Å². The molecule has 3 rings (SSSR count). The van der Waals surface area contributed by atoms with E-state index in [-0.39, 0.29) is 12.1 Å². The highest BCUT2D eigenvalue weighted by Gasteiger charge is 2.32. The summed E-state index contributed by atoms with van der Waals surface area (Å²) in [6.07, 6.45) is -5.56. The van der Waals surface area contributed by atoms with E-state index in [0.717, 1.165) is 12.1 Å². The summed E-state index contributed by atoms with van der Waals surface area (Å²) in [6, 6.07) is 11.5. The molecular formula is C17H12F3NO4. The average Bonchev–Trinajstić information content (AvgIpc) is 2.55. The number of nitrogens with one attached hydrogen (secondary N) is 1. The smallest absolute Gasteiger partial charge is 0.448 e. The van der Waals surface area contributed by atoms with E-state index in [9.17, 15) is 22.8 Å². The van der Waals surface area contributed by atoms with Crippen LogP contribution in [0.15, 0.2) is 48.5 Å². The van der Waals surface area contributed by atoms with E-state index in [1.54, 1.807) is 24.3 Å². The molecule has 0 aliphatic carbocycles. The molecule has 0 bridgehead atoms. The molecule has 2 aromatic rings. The summed E-state index contributed by atoms with van der Waals surface area (Å²) >= 11 is 0. The van der Waals surface area contributed by atoms with E-state index in [1.165, 1.54) is 12.1 Å². The zero-order valence-electron chi connectivity index (χ0n) is 12.7. The van der Waals surface area contributed by atoms with Gasteiger partial charge in [-0.25, -0.2) is 4.79 Å². The van der Waals surface area contributed by atoms with Gasteiger partial charge < -0.3 is 14.8 Å². The molecule has 0 fully saturated rings. The third-order valence-electron chi connectivity index (χ3n) is 3.54. The van der Waals surface area contributed by atoms with Crippen LogP contribution in [0.4, 0.5) is 18.9 Å². The summed E-state index contributed by atoms with van der Waals surface area (Å²) in [4.78, 5) is 24.1. The summed E-state index contributed by atoms with van der Waals surface area (Å²) in [5, 5.41) is 2.50. The molecular weight excluding hydrogens is 339 g/mol. The van der Waals surface area contributed by atoms with Crippen molar-refractivity contribution in [3.63, 3.8) is 0 Å². The van der Waals surface area contributed by atoms with Gasteiger partial charge in [0.2, 0.25) is 0 Å². The van der Waals surface area contributed by atoms with Gasteiger partial charge in [-0.05, 0) is 35.9 Å². The van der Waals surface area contributed by atoms with Crippen LogP contribution in [0, 0.1) is 0 Å². The minimum atomic E-state index is -4.78. The molecule has 1 N–H and O–H groups in total. The maximum absolute atomic E-state index is 12.2. The third-order valence-corrected chi connectivity index (χ3v) is 3.54. The predicted molar refractivity (Wildman–Crippen MR) is 81.1 cm³/mol. The molecule has 0 saturated heterocycles. The SMILES string of the molecule is O=C1O[C@H](C(=O)Nc2ccc(OC(F)(F)F)cc2)Cc2ccccc21. The Labute approximate surface area is 140 Å². The maximum Gasteiger partial charge on any atom is 0.573 e. The van der Waals surface area contributed by atoms with E-state index in [1.807, 2.05) is 0 Å². The van der Waals surface area contributed by atoms with Gasteiger partial charge in [-0.1, -0.05) is 18.2 Å². The number of rotatable bonds is 3. The van der Waals surface area contributed by atoms with E-state index in [2.05, 4.69) is 10.1 Å². The molecule has 0 aromatic heterocycles. The number of carbonyl (C=O) groups is 2. The Morgan fingerprint density at radius 2 is 1.80 bits per heavy atom. The second kappa shape index (κ2) is 6.46. The number of halogens is 3. The highest BCUT2D eigenvalue weighted by atomic mass is 19.4. The lowest BCUT2D eigenvalue weighted by molar-refractivity contribution is -0.274. The molecule has 1 aliphatic rings. The lowest BCUT2D eigenvalue weighted by Crippen LogP contribution is -2.37. The topological polar surface area (TPSA) is 64.6 Å². The predicted octanol–water partition coefficient (Wildman–Crippen LogP) is 3.31. The Morgan fingerprint density at radius 3 is 2.48 bits per heavy atom. The van der Waals surface area contributed by atoms with Gasteiger partial charge in [-0.2, -0.15) is 0 Å². The fraction of sp³-hybridized carbons (Fsp3) is 0.176. The van der Waals surface area contributed by atoms with Crippen molar-refractivity contribution >= 4 is 17.6 Å². The molecule has 1 aliphatic heterocycles. The Kier molecular flexibility index (Phi) is 4.35. The molecule has 5 nitrogen and oxygen atoms in total. The van der Waals surface area contributed by atoms with E-state index in [4.69, 9.17) is 4.74 Å². The van der Waals surface area contributed by atoms with Crippen LogP contribution in [0.1, 0.15) is 15.9 Å². The third kappa shape index (κ3) is 4.09. The first-order valence-corrected chi connectivity index (χ1v) is 7.27. The van der Waals surface area contributed by atoms with Crippen LogP contribution in [-0.4, -0.2) is 24.3 Å². The first kappa shape index (κ1) is 16.8. The van der Waals surface area contributed by atoms with Gasteiger partial charge in [0.15, 0.2) is 6.10 Å². The largest absolute Gasteiger partial charge is 0.573 e. The molecule has 130 valence electrons. The fourth-order valence-electron chi connectivity index (χ4n) is 2.44. The number of amides is 1. The fourth-order valence-corrected chi connectivity index (χ4v) is 2.44. The zero-order chi connectivity index (χ0) is 18.0. The summed E-state index contributed by atoms with van der Waals surface area (Å²) in [7, 11) is 0. The number of fused-ring (bicyclic) bond motifs is 1. The standard InChI is InChI=1S/C17H12F3NO4/c18-17(19,20)25-12-7-5-11(6-8-12)21-15(22)14-9-10-3-1-2-4-13(10)16(23)24-14/h1-8,14H,9H2,(H,21,22)/t14-/m0/s1. The average molecular weight is 351 g/mol. The summed E-state index contributed by atoms with van der Waals surface area (Å²) in [5.41, 5.74) is 1.38. The number of hydrogen-bond donors (Lipinski definition) is 1. The molecule has 8 heteroatoms. The molecule has 0 spiro atoms. The monoisotopic (exact) mass is 351 g/mol. The number of anilines is 1. The summed E-state index contributed by atoms with van der Waals surface area (Å²) in [5.74, 6) is -1.55. The lowest BCUT2D eigenvalue weighted by atomic mass is 9.98. The molecule has 2 aromatic carbocycles. The minimum Gasteiger partial charge on any atom is -0.448 e. The first-order valence-electron chi connectivity index (χ1n) is 7.27. The summed E-state index contributed by atoms with van der Waals surface area (Å²) in [6.45, 7) is 0. The van der Waals surface area contributed by atoms with Crippen LogP contribution in [0.2, 0.25) is 0 Å². The van der Waals surface area contributed by atoms with Crippen molar-refractivity contribution < 1.29 is 32.2 Å². The molecule has 0 saturated carbocycles. The van der Waals surface area contributed by atoms with Crippen molar-refractivity contribution in [3.05, 3.63) is 59.7 Å². The highest BCUT2D eigenvalue weighted by molar-refractivity contribution is 6.00. The van der Waals surface area contributed by atoms with Crippen LogP contribution in [0.25, 0.3) is 0 Å². The number of alkyl halides is 3. The minimum absolute atomic E-state index is 0.225. The van der Waals surface area contributed by atoms with Gasteiger partial charge in [-0.3, -0.25) is 4.79 Å². The maximum atomic E-state index is 12.2. The Bertz CT molecular complexity index is 802. The Hall–Kier alpha value is -3.03. The number of carbonyl (C=O) groups excluding carboxylic acids is 2. The summed E-state index contributed by atoms with van der Waals surface area (Å²) < 4.78 is 45.2. The molecule has 1 atom stereocenters. The van der Waals surface area contributed by atoms with Gasteiger partial charge in [0.25, 0.3) is 5.91 Å². The molecule has 0 unspecified atom stereocenters. The van der Waals surface area contributed by atoms with Crippen molar-refractivity contribution in [1.82, 2.24) is 0 Å². The van der Waals surface area contributed by atoms with Crippen LogP contribution < -0.4 is 10.1 Å². The van der Waals surface area contributed by atoms with Gasteiger partial charge >= 0.3 is 12.3 Å². The Balaban J connectivity index is 1.66. The van der Waals surface area contributed by atoms with Crippen LogP contribution in [-0.2, 0) is 16.0 Å². The molecule has 1 amide bonds. The van der Waals surface area contributed by atoms with Gasteiger partial charge in [-0.15, -0.1) is 13.2 Å². The Morgan fingerprint density at radius 1 is 1.12 bits per heavy atom. The van der Waals surface area contributed by atoms with E-state index < -0.39 is 30.1 Å². The number of cyclic esters (lactones) is 1. The molecule has 0 radical (unpaired) electrons. The van der Waals surface area contributed by atoms with Crippen molar-refractivity contribution in [2.75, 3.05) is 5.32 Å². The van der Waals surface area contributed by atoms with Crippen LogP contribution in [0.5, 0.6) is 5.75 Å². The molecule has 25 heavy (non-hydrogen) atoms. The van der Waals surface area contributed by atoms with Crippen molar-refractivity contribution in [2.24, 2.45) is 0 Å². The van der Waals surface area contributed by atoms with Crippen molar-refractivity contribution in [3.8, 4) is 5.75 Å². The van der Waals surface area contributed by atoms with Gasteiger partial charge in [0.1, 0.15) is 5.75 Å².